The van der Waals surface area contributed by atoms with E-state index < -0.39 is 35.3 Å². The summed E-state index contributed by atoms with van der Waals surface area (Å²) in [6.45, 7) is 6.25. The van der Waals surface area contributed by atoms with Crippen molar-refractivity contribution in [2.75, 3.05) is 29.0 Å². The number of carbonyl (C=O) groups excluding carboxylic acids is 5. The fourth-order valence-corrected chi connectivity index (χ4v) is 6.12. The lowest BCUT2D eigenvalue weighted by molar-refractivity contribution is -0.137. The summed E-state index contributed by atoms with van der Waals surface area (Å²) in [5, 5.41) is 31.8. The van der Waals surface area contributed by atoms with E-state index in [4.69, 9.17) is 21.6 Å². The molecule has 17 nitrogen and oxygen atoms in total. The lowest BCUT2D eigenvalue weighted by Gasteiger charge is -2.29. The van der Waals surface area contributed by atoms with Crippen LogP contribution in [0.4, 0.5) is 21.9 Å². The average Bonchev–Trinajstić information content (AvgIpc) is 3.86. The lowest BCUT2D eigenvalue weighted by Crippen LogP contribution is -2.49. The Labute approximate surface area is 325 Å². The number of anilines is 3. The monoisotopic (exact) mass is 779 g/mol. The largest absolute Gasteiger partial charge is 0.455 e. The third-order valence-electron chi connectivity index (χ3n) is 8.75. The first-order valence-electron chi connectivity index (χ1n) is 17.6. The summed E-state index contributed by atoms with van der Waals surface area (Å²) in [7, 11) is 0. The van der Waals surface area contributed by atoms with Crippen LogP contribution >= 0.6 is 11.6 Å². The standard InChI is InChI=1S/C38H38ClN11O6/c1-38(2,3)56-36(54)31-18-24-17-27(9-10-28(24)44-31)42-33(51)30(16-22-4-7-26(8-5-22)43-37(55)49-14-12-23(20-40)13-15-49)46-35(53)34(52)45-29-19-25(39)6-11-32(29)50-21-41-47-48-50/h4-11,17-19,21,23,30,44H,12-16H2,1-3H3,(H,42,51)(H,43,55)(H,45,52)(H,46,53). The molecule has 1 aliphatic heterocycles. The second kappa shape index (κ2) is 16.7. The van der Waals surface area contributed by atoms with Crippen molar-refractivity contribution in [1.29, 1.82) is 5.26 Å². The molecule has 1 aliphatic rings. The Morgan fingerprint density at radius 1 is 0.946 bits per heavy atom. The molecule has 0 saturated carbocycles. The van der Waals surface area contributed by atoms with Crippen LogP contribution in [0.2, 0.25) is 5.02 Å². The van der Waals surface area contributed by atoms with Gasteiger partial charge in [0, 0.05) is 52.7 Å². The number of aromatic nitrogens is 5. The molecule has 5 amide bonds. The van der Waals surface area contributed by atoms with Crippen LogP contribution in [-0.2, 0) is 25.5 Å². The number of benzene rings is 3. The number of nitrogens with zero attached hydrogens (tertiary/aromatic N) is 6. The molecule has 56 heavy (non-hydrogen) atoms. The van der Waals surface area contributed by atoms with Gasteiger partial charge in [-0.3, -0.25) is 14.4 Å². The van der Waals surface area contributed by atoms with Gasteiger partial charge in [0.05, 0.1) is 17.4 Å². The van der Waals surface area contributed by atoms with Crippen molar-refractivity contribution in [2.45, 2.75) is 51.7 Å². The fraction of sp³-hybridized carbons (Fsp3) is 0.289. The number of halogens is 1. The molecule has 6 rings (SSSR count). The van der Waals surface area contributed by atoms with E-state index >= 15 is 0 Å². The van der Waals surface area contributed by atoms with Crippen LogP contribution in [0.15, 0.2) is 73.1 Å². The second-order valence-electron chi connectivity index (χ2n) is 14.1. The summed E-state index contributed by atoms with van der Waals surface area (Å²) in [6.07, 6.45) is 2.49. The molecular weight excluding hydrogens is 742 g/mol. The van der Waals surface area contributed by atoms with Crippen molar-refractivity contribution in [2.24, 2.45) is 5.92 Å². The summed E-state index contributed by atoms with van der Waals surface area (Å²) < 4.78 is 6.74. The summed E-state index contributed by atoms with van der Waals surface area (Å²) in [6, 6.07) is 18.5. The minimum atomic E-state index is -1.26. The fourth-order valence-electron chi connectivity index (χ4n) is 5.95. The molecule has 5 aromatic rings. The Balaban J connectivity index is 1.18. The first kappa shape index (κ1) is 38.9. The molecular formula is C38H38ClN11O6. The number of piperidine rings is 1. The Kier molecular flexibility index (Phi) is 11.6. The number of H-pyrrole nitrogens is 1. The van der Waals surface area contributed by atoms with Gasteiger partial charge in [0.15, 0.2) is 0 Å². The molecule has 18 heteroatoms. The van der Waals surface area contributed by atoms with Gasteiger partial charge in [-0.1, -0.05) is 23.7 Å². The number of carbonyl (C=O) groups is 5. The van der Waals surface area contributed by atoms with E-state index in [2.05, 4.69) is 47.8 Å². The Bertz CT molecular complexity index is 2300. The van der Waals surface area contributed by atoms with Crippen LogP contribution in [0, 0.1) is 17.2 Å². The maximum atomic E-state index is 13.9. The summed E-state index contributed by atoms with van der Waals surface area (Å²) in [4.78, 5) is 70.7. The highest BCUT2D eigenvalue weighted by Crippen LogP contribution is 2.25. The van der Waals surface area contributed by atoms with Crippen molar-refractivity contribution in [3.63, 3.8) is 0 Å². The van der Waals surface area contributed by atoms with Crippen molar-refractivity contribution in [3.05, 3.63) is 89.3 Å². The Morgan fingerprint density at radius 3 is 2.36 bits per heavy atom. The minimum Gasteiger partial charge on any atom is -0.455 e. The Morgan fingerprint density at radius 2 is 1.68 bits per heavy atom. The molecule has 1 fully saturated rings. The number of nitriles is 1. The average molecular weight is 780 g/mol. The number of tetrazole rings is 1. The van der Waals surface area contributed by atoms with Gasteiger partial charge in [-0.05, 0) is 104 Å². The van der Waals surface area contributed by atoms with Crippen LogP contribution in [0.1, 0.15) is 49.7 Å². The molecule has 1 atom stereocenters. The highest BCUT2D eigenvalue weighted by Gasteiger charge is 2.27. The number of urea groups is 1. The zero-order chi connectivity index (χ0) is 40.0. The zero-order valence-corrected chi connectivity index (χ0v) is 31.4. The Hall–Kier alpha value is -6.80. The van der Waals surface area contributed by atoms with E-state index in [1.54, 1.807) is 86.3 Å². The van der Waals surface area contributed by atoms with E-state index in [0.717, 1.165) is 0 Å². The lowest BCUT2D eigenvalue weighted by atomic mass is 9.99. The van der Waals surface area contributed by atoms with Gasteiger partial charge in [0.2, 0.25) is 5.91 Å². The normalized spacial score (nSPS) is 13.7. The third-order valence-corrected chi connectivity index (χ3v) is 8.98. The number of likely N-dealkylation sites (tertiary alicyclic amines) is 1. The SMILES string of the molecule is CC(C)(C)OC(=O)c1cc2cc(NC(=O)C(Cc3ccc(NC(=O)N4CCC(C#N)CC4)cc3)NC(=O)C(=O)Nc3cc(Cl)ccc3-n3cnnn3)ccc2[nH]1. The predicted octanol–water partition coefficient (Wildman–Crippen LogP) is 4.82. The van der Waals surface area contributed by atoms with Crippen LogP contribution < -0.4 is 21.3 Å². The van der Waals surface area contributed by atoms with Gasteiger partial charge in [-0.25, -0.2) is 9.59 Å². The van der Waals surface area contributed by atoms with Gasteiger partial charge in [-0.2, -0.15) is 9.94 Å². The number of hydrogen-bond donors (Lipinski definition) is 5. The van der Waals surface area contributed by atoms with E-state index in [-0.39, 0.29) is 34.8 Å². The maximum absolute atomic E-state index is 13.9. The molecule has 3 heterocycles. The molecule has 0 aliphatic carbocycles. The number of hydrogen-bond acceptors (Lipinski definition) is 10. The molecule has 1 unspecified atom stereocenters. The van der Waals surface area contributed by atoms with Crippen molar-refractivity contribution in [1.82, 2.24) is 35.4 Å². The van der Waals surface area contributed by atoms with Crippen LogP contribution in [0.3, 0.4) is 0 Å². The quantitative estimate of drug-likeness (QED) is 0.101. The van der Waals surface area contributed by atoms with Crippen LogP contribution in [-0.4, -0.2) is 84.5 Å². The molecule has 1 saturated heterocycles. The molecule has 2 aromatic heterocycles. The van der Waals surface area contributed by atoms with Crippen molar-refractivity contribution in [3.8, 4) is 11.8 Å². The van der Waals surface area contributed by atoms with Gasteiger partial charge in [0.1, 0.15) is 23.7 Å². The van der Waals surface area contributed by atoms with Gasteiger partial charge in [0.25, 0.3) is 0 Å². The molecule has 0 radical (unpaired) electrons. The summed E-state index contributed by atoms with van der Waals surface area (Å²) >= 11 is 6.18. The van der Waals surface area contributed by atoms with Crippen molar-refractivity contribution < 1.29 is 28.7 Å². The topological polar surface area (TPSA) is 229 Å². The van der Waals surface area contributed by atoms with E-state index in [9.17, 15) is 24.0 Å². The number of fused-ring (bicyclic) bond motifs is 1. The van der Waals surface area contributed by atoms with E-state index in [1.807, 2.05) is 0 Å². The number of esters is 1. The smallest absolute Gasteiger partial charge is 0.355 e. The minimum absolute atomic E-state index is 0.0387. The number of aromatic amines is 1. The highest BCUT2D eigenvalue weighted by molar-refractivity contribution is 6.40. The number of nitrogens with one attached hydrogen (secondary N) is 5. The predicted molar refractivity (Wildman–Crippen MR) is 206 cm³/mol. The van der Waals surface area contributed by atoms with Gasteiger partial charge in [-0.15, -0.1) is 5.10 Å². The summed E-state index contributed by atoms with van der Waals surface area (Å²) in [5.41, 5.74) is 2.13. The molecule has 3 aromatic carbocycles. The maximum Gasteiger partial charge on any atom is 0.355 e. The number of ether oxygens (including phenoxy) is 1. The zero-order valence-electron chi connectivity index (χ0n) is 30.6. The summed E-state index contributed by atoms with van der Waals surface area (Å²) in [5.74, 6) is -3.42. The van der Waals surface area contributed by atoms with Crippen molar-refractivity contribution >= 4 is 69.3 Å². The highest BCUT2D eigenvalue weighted by atomic mass is 35.5. The molecule has 0 spiro atoms. The molecule has 0 bridgehead atoms. The third kappa shape index (κ3) is 9.84. The first-order valence-corrected chi connectivity index (χ1v) is 18.0. The van der Waals surface area contributed by atoms with Gasteiger partial charge < -0.3 is 35.9 Å². The second-order valence-corrected chi connectivity index (χ2v) is 14.5. The first-order chi connectivity index (χ1) is 26.7. The van der Waals surface area contributed by atoms with Crippen LogP contribution in [0.5, 0.6) is 0 Å². The number of amides is 5. The van der Waals surface area contributed by atoms with Gasteiger partial charge >= 0.3 is 23.8 Å². The molecule has 5 N–H and O–H groups in total. The molecule has 288 valence electrons. The van der Waals surface area contributed by atoms with E-state index in [1.165, 1.54) is 17.1 Å². The van der Waals surface area contributed by atoms with E-state index in [0.29, 0.717) is 59.5 Å². The van der Waals surface area contributed by atoms with Crippen LogP contribution in [0.25, 0.3) is 16.6 Å². The number of rotatable bonds is 9.